The fraction of sp³-hybridized carbons (Fsp3) is 0.286. The summed E-state index contributed by atoms with van der Waals surface area (Å²) >= 11 is 0. The number of fused-ring (bicyclic) bond motifs is 1. The fourth-order valence-electron chi connectivity index (χ4n) is 1.72. The lowest BCUT2D eigenvalue weighted by Crippen LogP contribution is -1.84. The van der Waals surface area contributed by atoms with Gasteiger partial charge in [0.1, 0.15) is 0 Å². The third-order valence-electron chi connectivity index (χ3n) is 2.72. The Balaban J connectivity index is 2.47. The van der Waals surface area contributed by atoms with E-state index in [4.69, 9.17) is 0 Å². The van der Waals surface area contributed by atoms with Crippen LogP contribution in [0, 0.1) is 5.92 Å². The molecule has 2 rings (SSSR count). The van der Waals surface area contributed by atoms with E-state index < -0.39 is 0 Å². The van der Waals surface area contributed by atoms with Gasteiger partial charge in [-0.1, -0.05) is 56.4 Å². The van der Waals surface area contributed by atoms with E-state index in [0.717, 1.165) is 6.42 Å². The number of allylic oxidation sites excluding steroid dienone is 2. The summed E-state index contributed by atoms with van der Waals surface area (Å²) in [7, 11) is 0. The van der Waals surface area contributed by atoms with Gasteiger partial charge in [0.15, 0.2) is 0 Å². The molecule has 1 atom stereocenters. The van der Waals surface area contributed by atoms with E-state index in [1.54, 1.807) is 0 Å². The van der Waals surface area contributed by atoms with Crippen molar-refractivity contribution in [2.45, 2.75) is 20.3 Å². The van der Waals surface area contributed by atoms with Crippen LogP contribution in [0.3, 0.4) is 0 Å². The van der Waals surface area contributed by atoms with E-state index in [1.165, 1.54) is 16.7 Å². The van der Waals surface area contributed by atoms with E-state index in [0.29, 0.717) is 5.92 Å². The molecule has 0 fully saturated rings. The molecule has 0 heteroatoms. The van der Waals surface area contributed by atoms with Crippen molar-refractivity contribution in [2.24, 2.45) is 5.92 Å². The van der Waals surface area contributed by atoms with E-state index in [-0.39, 0.29) is 0 Å². The smallest absolute Gasteiger partial charge is 0.00752 e. The van der Waals surface area contributed by atoms with Gasteiger partial charge in [0.05, 0.1) is 0 Å². The summed E-state index contributed by atoms with van der Waals surface area (Å²) in [6, 6.07) is 6.72. The Morgan fingerprint density at radius 2 is 1.79 bits per heavy atom. The lowest BCUT2D eigenvalue weighted by Gasteiger charge is -2.02. The third kappa shape index (κ3) is 1.79. The number of rotatable bonds is 1. The van der Waals surface area contributed by atoms with Gasteiger partial charge in [-0.3, -0.25) is 0 Å². The van der Waals surface area contributed by atoms with Crippen molar-refractivity contribution in [3.8, 4) is 0 Å². The zero-order chi connectivity index (χ0) is 9.97. The summed E-state index contributed by atoms with van der Waals surface area (Å²) < 4.78 is 0. The van der Waals surface area contributed by atoms with Gasteiger partial charge in [0.25, 0.3) is 0 Å². The zero-order valence-electron chi connectivity index (χ0n) is 8.83. The molecule has 0 spiro atoms. The second-order valence-corrected chi connectivity index (χ2v) is 3.89. The molecule has 1 unspecified atom stereocenters. The van der Waals surface area contributed by atoms with Crippen LogP contribution in [0.1, 0.15) is 30.5 Å². The molecule has 0 bridgehead atoms. The zero-order valence-corrected chi connectivity index (χ0v) is 8.83. The third-order valence-corrected chi connectivity index (χ3v) is 2.72. The summed E-state index contributed by atoms with van der Waals surface area (Å²) in [4.78, 5) is 0. The first-order chi connectivity index (χ1) is 6.79. The predicted octanol–water partition coefficient (Wildman–Crippen LogP) is 3.93. The molecule has 0 amide bonds. The van der Waals surface area contributed by atoms with Gasteiger partial charge in [0.2, 0.25) is 0 Å². The van der Waals surface area contributed by atoms with Crippen LogP contribution in [0.25, 0.3) is 12.2 Å². The van der Waals surface area contributed by atoms with Crippen molar-refractivity contribution < 1.29 is 0 Å². The lowest BCUT2D eigenvalue weighted by atomic mass is 10.0. The summed E-state index contributed by atoms with van der Waals surface area (Å²) in [6.45, 7) is 4.40. The van der Waals surface area contributed by atoms with Crippen molar-refractivity contribution >= 4 is 12.2 Å². The Labute approximate surface area is 86.0 Å². The molecule has 0 radical (unpaired) electrons. The summed E-state index contributed by atoms with van der Waals surface area (Å²) in [6.07, 6.45) is 10.1. The van der Waals surface area contributed by atoms with Gasteiger partial charge in [-0.25, -0.2) is 0 Å². The highest BCUT2D eigenvalue weighted by Gasteiger charge is 2.02. The molecule has 0 nitrogen and oxygen atoms in total. The Hall–Kier alpha value is -1.30. The Morgan fingerprint density at radius 3 is 2.50 bits per heavy atom. The first-order valence-corrected chi connectivity index (χ1v) is 5.29. The molecule has 0 aromatic heterocycles. The van der Waals surface area contributed by atoms with Crippen LogP contribution in [0.5, 0.6) is 0 Å². The molecule has 0 aliphatic heterocycles. The predicted molar refractivity (Wildman–Crippen MR) is 63.1 cm³/mol. The number of hydrogen-bond acceptors (Lipinski definition) is 0. The second-order valence-electron chi connectivity index (χ2n) is 3.89. The Kier molecular flexibility index (Phi) is 2.53. The molecule has 1 aliphatic carbocycles. The highest BCUT2D eigenvalue weighted by atomic mass is 14.1. The van der Waals surface area contributed by atoms with E-state index >= 15 is 0 Å². The van der Waals surface area contributed by atoms with E-state index in [9.17, 15) is 0 Å². The van der Waals surface area contributed by atoms with Crippen LogP contribution in [-0.2, 0) is 6.42 Å². The topological polar surface area (TPSA) is 0 Å². The normalized spacial score (nSPS) is 19.1. The van der Waals surface area contributed by atoms with Crippen molar-refractivity contribution in [3.05, 3.63) is 47.0 Å². The van der Waals surface area contributed by atoms with Gasteiger partial charge in [-0.05, 0) is 29.0 Å². The standard InChI is InChI=1S/C14H16/c1-3-12-6-9-13-7-4-11(2)5-8-14(13)10-12/h4-11H,3H2,1-2H3. The maximum Gasteiger partial charge on any atom is -0.00752 e. The van der Waals surface area contributed by atoms with Crippen molar-refractivity contribution in [1.82, 2.24) is 0 Å². The van der Waals surface area contributed by atoms with Gasteiger partial charge in [-0.2, -0.15) is 0 Å². The fourth-order valence-corrected chi connectivity index (χ4v) is 1.72. The molecule has 0 heterocycles. The molecule has 72 valence electrons. The van der Waals surface area contributed by atoms with Crippen molar-refractivity contribution in [2.75, 3.05) is 0 Å². The van der Waals surface area contributed by atoms with E-state index in [2.05, 4.69) is 56.4 Å². The average molecular weight is 184 g/mol. The summed E-state index contributed by atoms with van der Waals surface area (Å²) in [5, 5.41) is 0. The highest BCUT2D eigenvalue weighted by Crippen LogP contribution is 2.21. The Bertz CT molecular complexity index is 383. The molecule has 14 heavy (non-hydrogen) atoms. The minimum atomic E-state index is 0.549. The largest absolute Gasteiger partial charge is 0.0773 e. The number of aryl methyl sites for hydroxylation is 1. The molecule has 1 aliphatic rings. The Morgan fingerprint density at radius 1 is 1.07 bits per heavy atom. The van der Waals surface area contributed by atoms with Crippen LogP contribution in [0.2, 0.25) is 0 Å². The molecular formula is C14H16. The quantitative estimate of drug-likeness (QED) is 0.620. The van der Waals surface area contributed by atoms with Crippen LogP contribution in [0.15, 0.2) is 30.4 Å². The van der Waals surface area contributed by atoms with E-state index in [1.807, 2.05) is 0 Å². The van der Waals surface area contributed by atoms with Gasteiger partial charge >= 0.3 is 0 Å². The summed E-state index contributed by atoms with van der Waals surface area (Å²) in [5.74, 6) is 0.549. The molecule has 0 saturated heterocycles. The molecule has 0 saturated carbocycles. The van der Waals surface area contributed by atoms with Crippen molar-refractivity contribution in [1.29, 1.82) is 0 Å². The summed E-state index contributed by atoms with van der Waals surface area (Å²) in [5.41, 5.74) is 4.10. The number of benzene rings is 1. The SMILES string of the molecule is CCc1ccc2c(c1)C=CC(C)C=C2. The maximum atomic E-state index is 2.29. The lowest BCUT2D eigenvalue weighted by molar-refractivity contribution is 0.954. The van der Waals surface area contributed by atoms with Crippen molar-refractivity contribution in [3.63, 3.8) is 0 Å². The first-order valence-electron chi connectivity index (χ1n) is 5.29. The van der Waals surface area contributed by atoms with Crippen LogP contribution >= 0.6 is 0 Å². The van der Waals surface area contributed by atoms with Gasteiger partial charge < -0.3 is 0 Å². The minimum Gasteiger partial charge on any atom is -0.0773 e. The maximum absolute atomic E-state index is 2.29. The monoisotopic (exact) mass is 184 g/mol. The molecule has 1 aromatic rings. The highest BCUT2D eigenvalue weighted by molar-refractivity contribution is 5.68. The first kappa shape index (κ1) is 9.26. The minimum absolute atomic E-state index is 0.549. The van der Waals surface area contributed by atoms with Crippen LogP contribution < -0.4 is 0 Å². The van der Waals surface area contributed by atoms with Crippen LogP contribution in [-0.4, -0.2) is 0 Å². The average Bonchev–Trinajstić information content (AvgIpc) is 2.40. The molecular weight excluding hydrogens is 168 g/mol. The number of hydrogen-bond donors (Lipinski definition) is 0. The van der Waals surface area contributed by atoms with Gasteiger partial charge in [-0.15, -0.1) is 0 Å². The molecule has 1 aromatic carbocycles. The second kappa shape index (κ2) is 3.83. The van der Waals surface area contributed by atoms with Gasteiger partial charge in [0, 0.05) is 0 Å². The molecule has 0 N–H and O–H groups in total. The van der Waals surface area contributed by atoms with Crippen LogP contribution in [0.4, 0.5) is 0 Å².